The molecule has 0 saturated carbocycles. The lowest BCUT2D eigenvalue weighted by molar-refractivity contribution is 0.0597. The number of pyridine rings is 1. The van der Waals surface area contributed by atoms with Crippen LogP contribution in [0.4, 0.5) is 5.82 Å². The van der Waals surface area contributed by atoms with Crippen molar-refractivity contribution in [3.05, 3.63) is 42.1 Å². The standard InChI is InChI=1S/C18H16N6O3S/c1-3-24-12-8-14(28-13-7-5-4-6-10(13)18(25)26-2)20-9-11(12)21-17(24)15-16(19)23-27-22-15/h4-9H,3H2,1-2H3,(H2,19,23). The number of benzene rings is 1. The molecular weight excluding hydrogens is 380 g/mol. The Hall–Kier alpha value is -3.40. The summed E-state index contributed by atoms with van der Waals surface area (Å²) < 4.78 is 11.5. The van der Waals surface area contributed by atoms with E-state index >= 15 is 0 Å². The fourth-order valence-corrected chi connectivity index (χ4v) is 3.77. The number of ether oxygens (including phenoxy) is 1. The second-order valence-corrected chi connectivity index (χ2v) is 6.84. The van der Waals surface area contributed by atoms with Gasteiger partial charge in [-0.1, -0.05) is 23.9 Å². The van der Waals surface area contributed by atoms with Crippen LogP contribution in [0.3, 0.4) is 0 Å². The van der Waals surface area contributed by atoms with Crippen molar-refractivity contribution in [2.45, 2.75) is 23.4 Å². The summed E-state index contributed by atoms with van der Waals surface area (Å²) in [6, 6.07) is 9.15. The second kappa shape index (κ2) is 7.31. The lowest BCUT2D eigenvalue weighted by atomic mass is 10.2. The third-order valence-corrected chi connectivity index (χ3v) is 5.17. The molecule has 4 rings (SSSR count). The van der Waals surface area contributed by atoms with Gasteiger partial charge in [0.25, 0.3) is 0 Å². The Labute approximate surface area is 163 Å². The topological polar surface area (TPSA) is 122 Å². The summed E-state index contributed by atoms with van der Waals surface area (Å²) in [5.41, 5.74) is 8.27. The van der Waals surface area contributed by atoms with E-state index in [1.54, 1.807) is 18.3 Å². The van der Waals surface area contributed by atoms with Crippen LogP contribution >= 0.6 is 11.8 Å². The quantitative estimate of drug-likeness (QED) is 0.507. The zero-order valence-electron chi connectivity index (χ0n) is 15.1. The van der Waals surface area contributed by atoms with E-state index in [1.807, 2.05) is 29.7 Å². The minimum atomic E-state index is -0.390. The molecule has 10 heteroatoms. The average Bonchev–Trinajstić information content (AvgIpc) is 3.30. The third kappa shape index (κ3) is 3.07. The Balaban J connectivity index is 1.77. The van der Waals surface area contributed by atoms with Crippen LogP contribution in [0.2, 0.25) is 0 Å². The highest BCUT2D eigenvalue weighted by molar-refractivity contribution is 7.99. The highest BCUT2D eigenvalue weighted by Crippen LogP contribution is 2.33. The van der Waals surface area contributed by atoms with Crippen molar-refractivity contribution in [2.75, 3.05) is 12.8 Å². The highest BCUT2D eigenvalue weighted by atomic mass is 32.2. The van der Waals surface area contributed by atoms with E-state index in [1.165, 1.54) is 18.9 Å². The summed E-state index contributed by atoms with van der Waals surface area (Å²) in [4.78, 5) is 21.8. The van der Waals surface area contributed by atoms with Gasteiger partial charge in [-0.05, 0) is 35.4 Å². The first kappa shape index (κ1) is 18.0. The first-order valence-electron chi connectivity index (χ1n) is 8.42. The molecule has 0 aliphatic heterocycles. The molecule has 0 aliphatic rings. The average molecular weight is 396 g/mol. The third-order valence-electron chi connectivity index (χ3n) is 4.16. The Morgan fingerprint density at radius 3 is 2.86 bits per heavy atom. The molecule has 0 fully saturated rings. The van der Waals surface area contributed by atoms with Crippen molar-refractivity contribution in [3.8, 4) is 11.5 Å². The number of carbonyl (C=O) groups excluding carboxylic acids is 1. The number of carbonyl (C=O) groups is 1. The number of aryl methyl sites for hydroxylation is 1. The van der Waals surface area contributed by atoms with Gasteiger partial charge in [0.2, 0.25) is 0 Å². The maximum atomic E-state index is 12.0. The molecule has 0 spiro atoms. The molecular formula is C18H16N6O3S. The van der Waals surface area contributed by atoms with Crippen LogP contribution in [0.15, 0.2) is 51.1 Å². The molecule has 3 heterocycles. The van der Waals surface area contributed by atoms with E-state index in [-0.39, 0.29) is 11.8 Å². The Morgan fingerprint density at radius 2 is 2.14 bits per heavy atom. The summed E-state index contributed by atoms with van der Waals surface area (Å²) in [6.45, 7) is 2.64. The first-order valence-corrected chi connectivity index (χ1v) is 9.24. The number of fused-ring (bicyclic) bond motifs is 1. The van der Waals surface area contributed by atoms with E-state index in [0.717, 1.165) is 15.4 Å². The fourth-order valence-electron chi connectivity index (χ4n) is 2.86. The van der Waals surface area contributed by atoms with E-state index < -0.39 is 0 Å². The maximum Gasteiger partial charge on any atom is 0.339 e. The van der Waals surface area contributed by atoms with Crippen LogP contribution < -0.4 is 5.73 Å². The summed E-state index contributed by atoms with van der Waals surface area (Å²) in [5, 5.41) is 8.19. The number of nitrogens with two attached hydrogens (primary N) is 1. The summed E-state index contributed by atoms with van der Waals surface area (Å²) in [5.74, 6) is 0.355. The fraction of sp³-hybridized carbons (Fsp3) is 0.167. The molecule has 2 N–H and O–H groups in total. The van der Waals surface area contributed by atoms with Crippen LogP contribution in [-0.2, 0) is 11.3 Å². The second-order valence-electron chi connectivity index (χ2n) is 5.78. The number of aromatic nitrogens is 5. The largest absolute Gasteiger partial charge is 0.465 e. The summed E-state index contributed by atoms with van der Waals surface area (Å²) in [6.07, 6.45) is 1.68. The molecule has 0 bridgehead atoms. The van der Waals surface area contributed by atoms with Crippen LogP contribution in [0.5, 0.6) is 0 Å². The maximum absolute atomic E-state index is 12.0. The lowest BCUT2D eigenvalue weighted by Gasteiger charge is -2.07. The minimum Gasteiger partial charge on any atom is -0.465 e. The van der Waals surface area contributed by atoms with Crippen molar-refractivity contribution in [1.82, 2.24) is 24.8 Å². The van der Waals surface area contributed by atoms with Crippen LogP contribution in [0.1, 0.15) is 17.3 Å². The smallest absolute Gasteiger partial charge is 0.339 e. The number of nitrogen functional groups attached to an aromatic ring is 1. The summed E-state index contributed by atoms with van der Waals surface area (Å²) in [7, 11) is 1.36. The molecule has 142 valence electrons. The van der Waals surface area contributed by atoms with E-state index in [9.17, 15) is 4.79 Å². The van der Waals surface area contributed by atoms with Gasteiger partial charge in [-0.3, -0.25) is 0 Å². The predicted octanol–water partition coefficient (Wildman–Crippen LogP) is 3.02. The minimum absolute atomic E-state index is 0.180. The molecule has 0 aliphatic carbocycles. The van der Waals surface area contributed by atoms with Gasteiger partial charge in [0, 0.05) is 11.4 Å². The number of esters is 1. The molecule has 0 atom stereocenters. The van der Waals surface area contributed by atoms with E-state index in [2.05, 4.69) is 20.3 Å². The zero-order valence-corrected chi connectivity index (χ0v) is 15.9. The van der Waals surface area contributed by atoms with Gasteiger partial charge in [-0.25, -0.2) is 19.4 Å². The molecule has 28 heavy (non-hydrogen) atoms. The normalized spacial score (nSPS) is 11.1. The van der Waals surface area contributed by atoms with Gasteiger partial charge in [-0.2, -0.15) is 0 Å². The number of hydrogen-bond donors (Lipinski definition) is 1. The van der Waals surface area contributed by atoms with Crippen LogP contribution in [-0.4, -0.2) is 37.9 Å². The van der Waals surface area contributed by atoms with Gasteiger partial charge >= 0.3 is 5.97 Å². The molecule has 3 aromatic heterocycles. The molecule has 1 aromatic carbocycles. The monoisotopic (exact) mass is 396 g/mol. The highest BCUT2D eigenvalue weighted by Gasteiger charge is 2.19. The van der Waals surface area contributed by atoms with Crippen LogP contribution in [0, 0.1) is 0 Å². The van der Waals surface area contributed by atoms with Crippen LogP contribution in [0.25, 0.3) is 22.6 Å². The molecule has 0 unspecified atom stereocenters. The van der Waals surface area contributed by atoms with Gasteiger partial charge in [-0.15, -0.1) is 0 Å². The number of methoxy groups -OCH3 is 1. The van der Waals surface area contributed by atoms with Gasteiger partial charge in [0.15, 0.2) is 17.3 Å². The predicted molar refractivity (Wildman–Crippen MR) is 103 cm³/mol. The molecule has 4 aromatic rings. The number of nitrogens with zero attached hydrogens (tertiary/aromatic N) is 5. The number of hydrogen-bond acceptors (Lipinski definition) is 9. The van der Waals surface area contributed by atoms with Crippen molar-refractivity contribution in [3.63, 3.8) is 0 Å². The number of rotatable bonds is 5. The van der Waals surface area contributed by atoms with E-state index in [0.29, 0.717) is 29.1 Å². The summed E-state index contributed by atoms with van der Waals surface area (Å²) >= 11 is 1.38. The Kier molecular flexibility index (Phi) is 4.70. The molecule has 0 saturated heterocycles. The van der Waals surface area contributed by atoms with Gasteiger partial charge < -0.3 is 15.0 Å². The lowest BCUT2D eigenvalue weighted by Crippen LogP contribution is -2.02. The SMILES string of the molecule is CCn1c(-c2nonc2N)nc2cnc(Sc3ccccc3C(=O)OC)cc21. The van der Waals surface area contributed by atoms with Crippen molar-refractivity contribution in [2.24, 2.45) is 0 Å². The van der Waals surface area contributed by atoms with Gasteiger partial charge in [0.1, 0.15) is 10.5 Å². The number of imidazole rings is 1. The van der Waals surface area contributed by atoms with Crippen molar-refractivity contribution in [1.29, 1.82) is 0 Å². The number of anilines is 1. The molecule has 0 radical (unpaired) electrons. The van der Waals surface area contributed by atoms with E-state index in [4.69, 9.17) is 15.1 Å². The Morgan fingerprint density at radius 1 is 1.32 bits per heavy atom. The first-order chi connectivity index (χ1) is 13.6. The van der Waals surface area contributed by atoms with Crippen molar-refractivity contribution < 1.29 is 14.2 Å². The Bertz CT molecular complexity index is 1170. The molecule has 0 amide bonds. The molecule has 9 nitrogen and oxygen atoms in total. The zero-order chi connectivity index (χ0) is 19.7. The van der Waals surface area contributed by atoms with Gasteiger partial charge in [0.05, 0.1) is 24.4 Å². The van der Waals surface area contributed by atoms with Crippen molar-refractivity contribution >= 4 is 34.6 Å².